The van der Waals surface area contributed by atoms with Crippen LogP contribution in [0, 0.1) is 5.82 Å². The van der Waals surface area contributed by atoms with Gasteiger partial charge in [0.15, 0.2) is 11.6 Å². The first-order valence-corrected chi connectivity index (χ1v) is 7.14. The highest BCUT2D eigenvalue weighted by molar-refractivity contribution is 5.69. The van der Waals surface area contributed by atoms with E-state index in [1.165, 1.54) is 28.9 Å². The third-order valence-electron chi connectivity index (χ3n) is 3.41. The number of nitrogens with zero attached hydrogens (tertiary/aromatic N) is 3. The molecule has 0 bridgehead atoms. The van der Waals surface area contributed by atoms with Gasteiger partial charge in [-0.1, -0.05) is 0 Å². The Hall–Kier alpha value is -3.22. The number of carbonyl (C=O) groups is 1. The van der Waals surface area contributed by atoms with Crippen LogP contribution in [0.15, 0.2) is 48.5 Å². The van der Waals surface area contributed by atoms with Gasteiger partial charge in [-0.25, -0.2) is 14.1 Å². The van der Waals surface area contributed by atoms with E-state index in [2.05, 4.69) is 10.1 Å². The van der Waals surface area contributed by atoms with Crippen molar-refractivity contribution < 1.29 is 19.0 Å². The van der Waals surface area contributed by atoms with Gasteiger partial charge in [-0.05, 0) is 48.5 Å². The molecule has 0 aliphatic heterocycles. The molecular weight excluding hydrogens is 313 g/mol. The smallest absolute Gasteiger partial charge is 0.325 e. The number of benzene rings is 2. The Morgan fingerprint density at radius 2 is 1.75 bits per heavy atom. The lowest BCUT2D eigenvalue weighted by Gasteiger charge is -2.02. The molecule has 1 N–H and O–H groups in total. The van der Waals surface area contributed by atoms with Crippen LogP contribution in [0.1, 0.15) is 0 Å². The molecule has 0 aliphatic rings. The minimum Gasteiger partial charge on any atom is -0.497 e. The van der Waals surface area contributed by atoms with E-state index in [4.69, 9.17) is 9.84 Å². The van der Waals surface area contributed by atoms with Gasteiger partial charge < -0.3 is 9.84 Å². The van der Waals surface area contributed by atoms with Crippen LogP contribution in [-0.4, -0.2) is 33.0 Å². The van der Waals surface area contributed by atoms with E-state index in [0.717, 1.165) is 5.56 Å². The first-order valence-electron chi connectivity index (χ1n) is 7.14. The number of rotatable bonds is 5. The fourth-order valence-corrected chi connectivity index (χ4v) is 2.26. The number of ether oxygens (including phenoxy) is 1. The lowest BCUT2D eigenvalue weighted by Crippen LogP contribution is -2.11. The number of methoxy groups -OCH3 is 1. The maximum atomic E-state index is 13.1. The molecule has 3 rings (SSSR count). The second kappa shape index (κ2) is 6.49. The quantitative estimate of drug-likeness (QED) is 0.780. The third kappa shape index (κ3) is 3.24. The first kappa shape index (κ1) is 15.7. The van der Waals surface area contributed by atoms with E-state index in [1.807, 2.05) is 0 Å². The summed E-state index contributed by atoms with van der Waals surface area (Å²) in [5, 5.41) is 13.3. The molecule has 3 aromatic rings. The number of aromatic nitrogens is 3. The molecule has 122 valence electrons. The number of hydrogen-bond donors (Lipinski definition) is 1. The van der Waals surface area contributed by atoms with Crippen molar-refractivity contribution in [2.45, 2.75) is 6.54 Å². The van der Waals surface area contributed by atoms with Crippen LogP contribution in [0.25, 0.3) is 22.8 Å². The van der Waals surface area contributed by atoms with Gasteiger partial charge in [0.05, 0.1) is 7.11 Å². The number of carboxylic acids is 1. The van der Waals surface area contributed by atoms with Gasteiger partial charge in [0.25, 0.3) is 0 Å². The van der Waals surface area contributed by atoms with Crippen LogP contribution in [0.5, 0.6) is 5.75 Å². The molecule has 7 heteroatoms. The molecule has 0 atom stereocenters. The lowest BCUT2D eigenvalue weighted by molar-refractivity contribution is -0.137. The molecule has 0 spiro atoms. The first-order chi connectivity index (χ1) is 11.6. The van der Waals surface area contributed by atoms with Gasteiger partial charge in [-0.3, -0.25) is 4.79 Å². The molecule has 0 amide bonds. The highest BCUT2D eigenvalue weighted by atomic mass is 19.1. The van der Waals surface area contributed by atoms with E-state index < -0.39 is 5.97 Å². The minimum absolute atomic E-state index is 0.337. The van der Waals surface area contributed by atoms with Crippen molar-refractivity contribution in [3.63, 3.8) is 0 Å². The molecule has 1 aromatic heterocycles. The SMILES string of the molecule is COc1ccc(-c2nc(-c3ccc(F)cc3)n(CC(=O)O)n2)cc1. The molecule has 6 nitrogen and oxygen atoms in total. The van der Waals surface area contributed by atoms with E-state index in [0.29, 0.717) is 23.0 Å². The summed E-state index contributed by atoms with van der Waals surface area (Å²) in [7, 11) is 1.57. The van der Waals surface area contributed by atoms with E-state index in [-0.39, 0.29) is 12.4 Å². The number of hydrogen-bond acceptors (Lipinski definition) is 4. The molecule has 24 heavy (non-hydrogen) atoms. The summed E-state index contributed by atoms with van der Waals surface area (Å²) in [6, 6.07) is 12.8. The predicted octanol–water partition coefficient (Wildman–Crippen LogP) is 2.84. The van der Waals surface area contributed by atoms with Crippen LogP contribution in [-0.2, 0) is 11.3 Å². The van der Waals surface area contributed by atoms with Gasteiger partial charge in [-0.15, -0.1) is 5.10 Å². The summed E-state index contributed by atoms with van der Waals surface area (Å²) in [5.41, 5.74) is 1.31. The van der Waals surface area contributed by atoms with Gasteiger partial charge >= 0.3 is 5.97 Å². The largest absolute Gasteiger partial charge is 0.497 e. The summed E-state index contributed by atoms with van der Waals surface area (Å²) >= 11 is 0. The van der Waals surface area contributed by atoms with Crippen LogP contribution in [0.4, 0.5) is 4.39 Å². The Labute approximate surface area is 137 Å². The zero-order valence-corrected chi connectivity index (χ0v) is 12.8. The maximum absolute atomic E-state index is 13.1. The predicted molar refractivity (Wildman–Crippen MR) is 85.0 cm³/mol. The summed E-state index contributed by atoms with van der Waals surface area (Å²) in [5.74, 6) is 0.0342. The Kier molecular flexibility index (Phi) is 4.24. The lowest BCUT2D eigenvalue weighted by atomic mass is 10.2. The standard InChI is InChI=1S/C17H14FN3O3/c1-24-14-8-4-11(5-9-14)16-19-17(21(20-16)10-15(22)23)12-2-6-13(18)7-3-12/h2-9H,10H2,1H3,(H,22,23). The number of halogens is 1. The van der Waals surface area contributed by atoms with Crippen LogP contribution in [0.3, 0.4) is 0 Å². The van der Waals surface area contributed by atoms with Crippen molar-refractivity contribution in [2.24, 2.45) is 0 Å². The molecule has 0 aliphatic carbocycles. The topological polar surface area (TPSA) is 77.2 Å². The number of carboxylic acid groups (broad SMARTS) is 1. The van der Waals surface area contributed by atoms with E-state index in [9.17, 15) is 9.18 Å². The van der Waals surface area contributed by atoms with Gasteiger partial charge in [0.2, 0.25) is 0 Å². The zero-order chi connectivity index (χ0) is 17.1. The highest BCUT2D eigenvalue weighted by Gasteiger charge is 2.15. The normalized spacial score (nSPS) is 10.6. The zero-order valence-electron chi connectivity index (χ0n) is 12.8. The molecule has 2 aromatic carbocycles. The second-order valence-corrected chi connectivity index (χ2v) is 5.05. The molecular formula is C17H14FN3O3. The van der Waals surface area contributed by atoms with Crippen LogP contribution < -0.4 is 4.74 Å². The molecule has 0 saturated heterocycles. The monoisotopic (exact) mass is 327 g/mol. The van der Waals surface area contributed by atoms with Crippen molar-refractivity contribution in [2.75, 3.05) is 7.11 Å². The van der Waals surface area contributed by atoms with Crippen molar-refractivity contribution in [1.82, 2.24) is 14.8 Å². The molecule has 0 saturated carbocycles. The second-order valence-electron chi connectivity index (χ2n) is 5.05. The molecule has 0 unspecified atom stereocenters. The Bertz CT molecular complexity index is 858. The van der Waals surface area contributed by atoms with Crippen molar-refractivity contribution >= 4 is 5.97 Å². The Morgan fingerprint density at radius 3 is 2.33 bits per heavy atom. The summed E-state index contributed by atoms with van der Waals surface area (Å²) < 4.78 is 19.5. The van der Waals surface area contributed by atoms with E-state index >= 15 is 0 Å². The summed E-state index contributed by atoms with van der Waals surface area (Å²) in [4.78, 5) is 15.5. The average molecular weight is 327 g/mol. The fraction of sp³-hybridized carbons (Fsp3) is 0.118. The van der Waals surface area contributed by atoms with Crippen molar-refractivity contribution in [3.8, 4) is 28.5 Å². The van der Waals surface area contributed by atoms with Crippen molar-refractivity contribution in [1.29, 1.82) is 0 Å². The average Bonchev–Trinajstić information content (AvgIpc) is 2.98. The van der Waals surface area contributed by atoms with Gasteiger partial charge in [-0.2, -0.15) is 0 Å². The maximum Gasteiger partial charge on any atom is 0.325 e. The fourth-order valence-electron chi connectivity index (χ4n) is 2.26. The Morgan fingerprint density at radius 1 is 1.12 bits per heavy atom. The molecule has 1 heterocycles. The van der Waals surface area contributed by atoms with Gasteiger partial charge in [0, 0.05) is 11.1 Å². The summed E-state index contributed by atoms with van der Waals surface area (Å²) in [6.07, 6.45) is 0. The molecule has 0 fully saturated rings. The Balaban J connectivity index is 2.04. The molecule has 0 radical (unpaired) electrons. The van der Waals surface area contributed by atoms with Crippen molar-refractivity contribution in [3.05, 3.63) is 54.3 Å². The van der Waals surface area contributed by atoms with Gasteiger partial charge in [0.1, 0.15) is 18.1 Å². The van der Waals surface area contributed by atoms with Crippen LogP contribution in [0.2, 0.25) is 0 Å². The highest BCUT2D eigenvalue weighted by Crippen LogP contribution is 2.24. The summed E-state index contributed by atoms with van der Waals surface area (Å²) in [6.45, 7) is -0.337. The third-order valence-corrected chi connectivity index (χ3v) is 3.41. The van der Waals surface area contributed by atoms with E-state index in [1.54, 1.807) is 31.4 Å². The number of aliphatic carboxylic acids is 1. The minimum atomic E-state index is -1.04. The van der Waals surface area contributed by atoms with Crippen LogP contribution >= 0.6 is 0 Å².